The second-order valence-corrected chi connectivity index (χ2v) is 7.38. The molecule has 6 rings (SSSR count). The van der Waals surface area contributed by atoms with Crippen molar-refractivity contribution in [2.24, 2.45) is 0 Å². The number of epoxide rings is 2. The molecule has 2 atom stereocenters. The highest BCUT2D eigenvalue weighted by atomic mass is 16.6. The third-order valence-corrected chi connectivity index (χ3v) is 5.33. The molecule has 0 spiro atoms. The molecular weight excluding hydrogens is 352 g/mol. The number of hydrogen-bond acceptors (Lipinski definition) is 4. The van der Waals surface area contributed by atoms with E-state index >= 15 is 0 Å². The fourth-order valence-electron chi connectivity index (χ4n) is 3.73. The molecule has 2 aromatic carbocycles. The van der Waals surface area contributed by atoms with E-state index in [0.29, 0.717) is 12.2 Å². The highest BCUT2D eigenvalue weighted by Crippen LogP contribution is 2.24. The average Bonchev–Trinajstić information content (AvgIpc) is 3.63. The normalized spacial score (nSPS) is 21.1. The topological polar surface area (TPSA) is 60.7 Å². The summed E-state index contributed by atoms with van der Waals surface area (Å²) < 4.78 is 15.4. The summed E-state index contributed by atoms with van der Waals surface area (Å²) in [4.78, 5) is 9.65. The summed E-state index contributed by atoms with van der Waals surface area (Å²) >= 11 is 0. The largest absolute Gasteiger partial charge is 0.371 e. The van der Waals surface area contributed by atoms with Crippen molar-refractivity contribution in [3.05, 3.63) is 60.2 Å². The number of imidazole rings is 2. The van der Waals surface area contributed by atoms with Crippen LogP contribution in [0.2, 0.25) is 0 Å². The summed E-state index contributed by atoms with van der Waals surface area (Å²) in [6, 6.07) is 16.5. The molecule has 0 radical (unpaired) electrons. The fraction of sp³-hybridized carbons (Fsp3) is 0.273. The molecule has 0 aliphatic carbocycles. The van der Waals surface area contributed by atoms with E-state index in [2.05, 4.69) is 57.7 Å². The minimum absolute atomic E-state index is 0.293. The zero-order chi connectivity index (χ0) is 18.5. The van der Waals surface area contributed by atoms with Crippen molar-refractivity contribution in [2.45, 2.75) is 25.3 Å². The molecule has 6 nitrogen and oxygen atoms in total. The molecule has 2 aliphatic heterocycles. The average molecular weight is 372 g/mol. The van der Waals surface area contributed by atoms with Crippen molar-refractivity contribution in [3.8, 4) is 0 Å². The lowest BCUT2D eigenvalue weighted by Crippen LogP contribution is -2.07. The summed E-state index contributed by atoms with van der Waals surface area (Å²) in [6.07, 6.45) is 4.71. The standard InChI is InChI=1S/C22H20N4O2/c1-3-7-19-17(5-1)23-21(25(19)11-15-13-27-15)9-10-22-24-18-6-2-4-8-20(18)26(22)12-16-14-28-16/h1-10,15-16H,11-14H2. The van der Waals surface area contributed by atoms with Crippen LogP contribution in [0, 0.1) is 0 Å². The van der Waals surface area contributed by atoms with Crippen LogP contribution in [-0.4, -0.2) is 44.5 Å². The van der Waals surface area contributed by atoms with Crippen molar-refractivity contribution in [1.29, 1.82) is 0 Å². The first-order valence-corrected chi connectivity index (χ1v) is 9.67. The van der Waals surface area contributed by atoms with E-state index in [1.807, 2.05) is 12.1 Å². The Bertz CT molecular complexity index is 1100. The van der Waals surface area contributed by atoms with E-state index in [1.54, 1.807) is 0 Å². The number of benzene rings is 2. The van der Waals surface area contributed by atoms with Gasteiger partial charge in [-0.05, 0) is 36.4 Å². The van der Waals surface area contributed by atoms with Gasteiger partial charge in [0.25, 0.3) is 0 Å². The Labute approximate surface area is 162 Å². The van der Waals surface area contributed by atoms with Crippen LogP contribution in [0.3, 0.4) is 0 Å². The van der Waals surface area contributed by atoms with Gasteiger partial charge in [-0.3, -0.25) is 0 Å². The van der Waals surface area contributed by atoms with Crippen LogP contribution in [-0.2, 0) is 22.6 Å². The van der Waals surface area contributed by atoms with Gasteiger partial charge >= 0.3 is 0 Å². The van der Waals surface area contributed by atoms with Gasteiger partial charge in [-0.25, -0.2) is 9.97 Å². The van der Waals surface area contributed by atoms with E-state index in [4.69, 9.17) is 19.4 Å². The molecular formula is C22H20N4O2. The van der Waals surface area contributed by atoms with Crippen molar-refractivity contribution >= 4 is 34.2 Å². The molecule has 0 amide bonds. The Hall–Kier alpha value is -2.96. The second kappa shape index (κ2) is 6.29. The maximum atomic E-state index is 5.46. The third kappa shape index (κ3) is 2.91. The molecule has 0 N–H and O–H groups in total. The number of hydrogen-bond donors (Lipinski definition) is 0. The van der Waals surface area contributed by atoms with Crippen LogP contribution in [0.15, 0.2) is 48.5 Å². The highest BCUT2D eigenvalue weighted by Gasteiger charge is 2.26. The SMILES string of the molecule is C(=Cc1nc2ccccc2n1CC1CO1)c1nc2ccccc2n1CC1CO1. The van der Waals surface area contributed by atoms with Crippen LogP contribution >= 0.6 is 0 Å². The number of fused-ring (bicyclic) bond motifs is 2. The van der Waals surface area contributed by atoms with Crippen molar-refractivity contribution < 1.29 is 9.47 Å². The monoisotopic (exact) mass is 372 g/mol. The van der Waals surface area contributed by atoms with Crippen LogP contribution in [0.4, 0.5) is 0 Å². The Morgan fingerprint density at radius 3 is 1.61 bits per heavy atom. The molecule has 2 unspecified atom stereocenters. The molecule has 28 heavy (non-hydrogen) atoms. The number of aromatic nitrogens is 4. The van der Waals surface area contributed by atoms with Gasteiger partial charge in [0.15, 0.2) is 0 Å². The molecule has 0 saturated carbocycles. The Morgan fingerprint density at radius 1 is 0.750 bits per heavy atom. The van der Waals surface area contributed by atoms with Gasteiger partial charge in [0.2, 0.25) is 0 Å². The Balaban J connectivity index is 1.42. The molecule has 2 fully saturated rings. The van der Waals surface area contributed by atoms with E-state index in [1.165, 1.54) is 0 Å². The smallest absolute Gasteiger partial charge is 0.134 e. The lowest BCUT2D eigenvalue weighted by atomic mass is 10.3. The lowest BCUT2D eigenvalue weighted by Gasteiger charge is -2.06. The zero-order valence-electron chi connectivity index (χ0n) is 15.4. The maximum absolute atomic E-state index is 5.46. The number of nitrogens with zero attached hydrogens (tertiary/aromatic N) is 4. The summed E-state index contributed by atoms with van der Waals surface area (Å²) in [5.41, 5.74) is 4.28. The number of para-hydroxylation sites is 4. The van der Waals surface area contributed by atoms with E-state index in [9.17, 15) is 0 Å². The molecule has 140 valence electrons. The first kappa shape index (κ1) is 16.0. The van der Waals surface area contributed by atoms with Gasteiger partial charge in [-0.1, -0.05) is 24.3 Å². The summed E-state index contributed by atoms with van der Waals surface area (Å²) in [5, 5.41) is 0. The Kier molecular flexibility index (Phi) is 3.60. The highest BCUT2D eigenvalue weighted by molar-refractivity contribution is 5.82. The first-order chi connectivity index (χ1) is 13.8. The molecule has 6 heteroatoms. The summed E-state index contributed by atoms with van der Waals surface area (Å²) in [7, 11) is 0. The molecule has 2 aromatic heterocycles. The molecule has 4 heterocycles. The minimum Gasteiger partial charge on any atom is -0.371 e. The summed E-state index contributed by atoms with van der Waals surface area (Å²) in [5.74, 6) is 1.86. The van der Waals surface area contributed by atoms with Crippen molar-refractivity contribution in [3.63, 3.8) is 0 Å². The molecule has 0 bridgehead atoms. The number of ether oxygens (including phenoxy) is 2. The first-order valence-electron chi connectivity index (χ1n) is 9.67. The van der Waals surface area contributed by atoms with E-state index in [0.717, 1.165) is 60.0 Å². The minimum atomic E-state index is 0.293. The van der Waals surface area contributed by atoms with Crippen molar-refractivity contribution in [1.82, 2.24) is 19.1 Å². The Morgan fingerprint density at radius 2 is 1.18 bits per heavy atom. The van der Waals surface area contributed by atoms with E-state index in [-0.39, 0.29) is 0 Å². The molecule has 2 aliphatic rings. The zero-order valence-corrected chi connectivity index (χ0v) is 15.4. The van der Waals surface area contributed by atoms with Gasteiger partial charge < -0.3 is 18.6 Å². The van der Waals surface area contributed by atoms with Crippen LogP contribution in [0.25, 0.3) is 34.2 Å². The van der Waals surface area contributed by atoms with Crippen LogP contribution in [0.1, 0.15) is 11.6 Å². The maximum Gasteiger partial charge on any atom is 0.134 e. The third-order valence-electron chi connectivity index (χ3n) is 5.33. The van der Waals surface area contributed by atoms with Crippen LogP contribution in [0.5, 0.6) is 0 Å². The van der Waals surface area contributed by atoms with Gasteiger partial charge in [0, 0.05) is 0 Å². The van der Waals surface area contributed by atoms with E-state index < -0.39 is 0 Å². The van der Waals surface area contributed by atoms with Gasteiger partial charge in [0.1, 0.15) is 11.6 Å². The number of rotatable bonds is 6. The predicted octanol–water partition coefficient (Wildman–Crippen LogP) is 3.35. The van der Waals surface area contributed by atoms with Crippen molar-refractivity contribution in [2.75, 3.05) is 13.2 Å². The van der Waals surface area contributed by atoms with Gasteiger partial charge in [-0.15, -0.1) is 0 Å². The summed E-state index contributed by atoms with van der Waals surface area (Å²) in [6.45, 7) is 3.30. The predicted molar refractivity (Wildman–Crippen MR) is 108 cm³/mol. The van der Waals surface area contributed by atoms with Crippen LogP contribution < -0.4 is 0 Å². The van der Waals surface area contributed by atoms with Gasteiger partial charge in [-0.2, -0.15) is 0 Å². The fourth-order valence-corrected chi connectivity index (χ4v) is 3.73. The van der Waals surface area contributed by atoms with Gasteiger partial charge in [0.05, 0.1) is 60.6 Å². The molecule has 4 aromatic rings. The second-order valence-electron chi connectivity index (χ2n) is 7.38. The molecule has 2 saturated heterocycles. The lowest BCUT2D eigenvalue weighted by molar-refractivity contribution is 0.384. The quantitative estimate of drug-likeness (QED) is 0.487.